The fourth-order valence-corrected chi connectivity index (χ4v) is 4.64. The minimum atomic E-state index is -0.425. The number of hydrogen-bond acceptors (Lipinski definition) is 5. The van der Waals surface area contributed by atoms with E-state index >= 15 is 0 Å². The lowest BCUT2D eigenvalue weighted by atomic mass is 10.0. The molecule has 1 saturated heterocycles. The van der Waals surface area contributed by atoms with E-state index in [2.05, 4.69) is 10.3 Å². The minimum absolute atomic E-state index is 0.251. The number of hydrogen-bond donors (Lipinski definition) is 1. The van der Waals surface area contributed by atoms with Crippen LogP contribution in [0.15, 0.2) is 89.5 Å². The van der Waals surface area contributed by atoms with E-state index in [1.807, 2.05) is 71.6 Å². The van der Waals surface area contributed by atoms with Gasteiger partial charge in [-0.15, -0.1) is 0 Å². The van der Waals surface area contributed by atoms with Crippen molar-refractivity contribution in [1.82, 2.24) is 10.3 Å². The van der Waals surface area contributed by atoms with Crippen molar-refractivity contribution >= 4 is 40.6 Å². The summed E-state index contributed by atoms with van der Waals surface area (Å²) >= 11 is 11.9. The van der Waals surface area contributed by atoms with Crippen LogP contribution in [0.3, 0.4) is 0 Å². The average Bonchev–Trinajstić information content (AvgIpc) is 3.49. The third-order valence-electron chi connectivity index (χ3n) is 5.72. The lowest BCUT2D eigenvalue weighted by Gasteiger charge is -2.26. The van der Waals surface area contributed by atoms with Gasteiger partial charge in [0.15, 0.2) is 5.11 Å². The topological polar surface area (TPSA) is 67.6 Å². The molecule has 1 aliphatic heterocycles. The van der Waals surface area contributed by atoms with Gasteiger partial charge in [-0.1, -0.05) is 35.9 Å². The number of thiocarbonyl (C=S) groups is 1. The van der Waals surface area contributed by atoms with Crippen molar-refractivity contribution in [1.29, 1.82) is 0 Å². The number of pyridine rings is 1. The Kier molecular flexibility index (Phi) is 6.04. The zero-order valence-electron chi connectivity index (χ0n) is 18.1. The van der Waals surface area contributed by atoms with Crippen molar-refractivity contribution in [2.24, 2.45) is 0 Å². The molecule has 3 heterocycles. The predicted octanol–water partition coefficient (Wildman–Crippen LogP) is 5.96. The summed E-state index contributed by atoms with van der Waals surface area (Å²) in [5.74, 6) is 0.809. The largest absolute Gasteiger partial charge is 0.465 e. The molecular weight excluding hydrogens is 470 g/mol. The van der Waals surface area contributed by atoms with Gasteiger partial charge < -0.3 is 19.4 Å². The Morgan fingerprint density at radius 2 is 1.82 bits per heavy atom. The number of benzene rings is 2. The Labute approximate surface area is 207 Å². The summed E-state index contributed by atoms with van der Waals surface area (Å²) in [6.07, 6.45) is 1.75. The summed E-state index contributed by atoms with van der Waals surface area (Å²) in [5, 5.41) is 4.59. The Hall–Kier alpha value is -3.68. The van der Waals surface area contributed by atoms with E-state index in [9.17, 15) is 4.79 Å². The molecule has 1 N–H and O–H groups in total. The van der Waals surface area contributed by atoms with Crippen molar-refractivity contribution in [3.05, 3.63) is 107 Å². The molecule has 0 amide bonds. The third kappa shape index (κ3) is 4.04. The highest BCUT2D eigenvalue weighted by Gasteiger charge is 2.42. The first-order chi connectivity index (χ1) is 16.6. The number of carbonyl (C=O) groups excluding carboxylic acids is 1. The first-order valence-electron chi connectivity index (χ1n) is 10.6. The van der Waals surface area contributed by atoms with Crippen molar-refractivity contribution in [2.45, 2.75) is 12.1 Å². The quantitative estimate of drug-likeness (QED) is 0.274. The second-order valence-electron chi connectivity index (χ2n) is 7.71. The molecule has 170 valence electrons. The zero-order chi connectivity index (χ0) is 23.7. The normalized spacial score (nSPS) is 17.5. The Balaban J connectivity index is 1.60. The van der Waals surface area contributed by atoms with E-state index in [0.29, 0.717) is 32.8 Å². The molecular formula is C26H20ClN3O3S. The van der Waals surface area contributed by atoms with Gasteiger partial charge in [0.2, 0.25) is 0 Å². The summed E-state index contributed by atoms with van der Waals surface area (Å²) in [6, 6.07) is 23.6. The highest BCUT2D eigenvalue weighted by atomic mass is 35.5. The van der Waals surface area contributed by atoms with Crippen LogP contribution in [-0.2, 0) is 4.74 Å². The number of carbonyl (C=O) groups is 1. The molecule has 6 nitrogen and oxygen atoms in total. The first-order valence-corrected chi connectivity index (χ1v) is 11.4. The molecule has 0 saturated carbocycles. The fraction of sp³-hybridized carbons (Fsp3) is 0.115. The zero-order valence-corrected chi connectivity index (χ0v) is 19.7. The van der Waals surface area contributed by atoms with E-state index in [0.717, 1.165) is 11.4 Å². The van der Waals surface area contributed by atoms with Crippen LogP contribution in [0.2, 0.25) is 5.02 Å². The minimum Gasteiger partial charge on any atom is -0.465 e. The van der Waals surface area contributed by atoms with E-state index in [-0.39, 0.29) is 12.1 Å². The van der Waals surface area contributed by atoms with Crippen LogP contribution in [-0.4, -0.2) is 23.2 Å². The summed E-state index contributed by atoms with van der Waals surface area (Å²) in [4.78, 5) is 18.9. The number of halogens is 1. The molecule has 2 aromatic heterocycles. The number of nitrogens with one attached hydrogen (secondary N) is 1. The van der Waals surface area contributed by atoms with Crippen LogP contribution >= 0.6 is 23.8 Å². The number of ether oxygens (including phenoxy) is 1. The van der Waals surface area contributed by atoms with E-state index in [1.54, 1.807) is 18.3 Å². The van der Waals surface area contributed by atoms with Crippen molar-refractivity contribution in [2.75, 3.05) is 12.0 Å². The molecule has 8 heteroatoms. The number of methoxy groups -OCH3 is 1. The van der Waals surface area contributed by atoms with E-state index in [1.165, 1.54) is 7.11 Å². The van der Waals surface area contributed by atoms with Crippen LogP contribution in [0.5, 0.6) is 0 Å². The van der Waals surface area contributed by atoms with Crippen LogP contribution < -0.4 is 10.2 Å². The van der Waals surface area contributed by atoms with Crippen LogP contribution in [0.25, 0.3) is 11.3 Å². The van der Waals surface area contributed by atoms with Gasteiger partial charge in [-0.25, -0.2) is 4.79 Å². The number of rotatable bonds is 5. The molecule has 2 aromatic carbocycles. The van der Waals surface area contributed by atoms with Crippen molar-refractivity contribution < 1.29 is 13.9 Å². The number of anilines is 1. The molecule has 0 aliphatic carbocycles. The molecule has 4 aromatic rings. The summed E-state index contributed by atoms with van der Waals surface area (Å²) in [6.45, 7) is 0. The molecule has 34 heavy (non-hydrogen) atoms. The predicted molar refractivity (Wildman–Crippen MR) is 135 cm³/mol. The molecule has 0 spiro atoms. The van der Waals surface area contributed by atoms with Crippen LogP contribution in [0.4, 0.5) is 5.69 Å². The van der Waals surface area contributed by atoms with Gasteiger partial charge in [-0.2, -0.15) is 0 Å². The second kappa shape index (κ2) is 9.29. The maximum absolute atomic E-state index is 12.3. The maximum Gasteiger partial charge on any atom is 0.338 e. The average molecular weight is 490 g/mol. The van der Waals surface area contributed by atoms with Gasteiger partial charge in [-0.05, 0) is 66.8 Å². The van der Waals surface area contributed by atoms with Gasteiger partial charge in [0.25, 0.3) is 0 Å². The summed E-state index contributed by atoms with van der Waals surface area (Å²) in [7, 11) is 1.36. The van der Waals surface area contributed by atoms with Gasteiger partial charge in [-0.3, -0.25) is 4.98 Å². The number of aromatic nitrogens is 1. The van der Waals surface area contributed by atoms with Crippen LogP contribution in [0, 0.1) is 0 Å². The molecule has 1 fully saturated rings. The third-order valence-corrected chi connectivity index (χ3v) is 6.29. The Morgan fingerprint density at radius 3 is 2.56 bits per heavy atom. The molecule has 0 radical (unpaired) electrons. The Morgan fingerprint density at radius 1 is 1.06 bits per heavy atom. The van der Waals surface area contributed by atoms with Gasteiger partial charge in [0, 0.05) is 22.5 Å². The fourth-order valence-electron chi connectivity index (χ4n) is 4.17. The molecule has 2 atom stereocenters. The van der Waals surface area contributed by atoms with E-state index in [4.69, 9.17) is 33.0 Å². The maximum atomic E-state index is 12.3. The monoisotopic (exact) mass is 489 g/mol. The smallest absolute Gasteiger partial charge is 0.338 e. The van der Waals surface area contributed by atoms with Crippen molar-refractivity contribution in [3.63, 3.8) is 0 Å². The summed E-state index contributed by atoms with van der Waals surface area (Å²) in [5.41, 5.74) is 2.79. The molecule has 0 unspecified atom stereocenters. The molecule has 5 rings (SSSR count). The SMILES string of the molecule is COC(=O)c1ccccc1-c1ccc([C@@H]2[C@@H](c3ccccn3)NC(=S)N2c2ccc(Cl)cc2)o1. The molecule has 0 bridgehead atoms. The highest BCUT2D eigenvalue weighted by molar-refractivity contribution is 7.80. The number of esters is 1. The summed E-state index contributed by atoms with van der Waals surface area (Å²) < 4.78 is 11.3. The lowest BCUT2D eigenvalue weighted by molar-refractivity contribution is 0.0601. The van der Waals surface area contributed by atoms with Crippen LogP contribution in [0.1, 0.15) is 33.9 Å². The Bertz CT molecular complexity index is 1340. The van der Waals surface area contributed by atoms with E-state index < -0.39 is 5.97 Å². The molecule has 1 aliphatic rings. The standard InChI is InChI=1S/C26H20ClN3O3S/c1-32-25(31)19-7-3-2-6-18(19)21-13-14-22(33-21)24-23(20-8-4-5-15-28-20)29-26(34)30(24)17-11-9-16(27)10-12-17/h2-15,23-24H,1H3,(H,29,34)/t23-,24-/m1/s1. The second-order valence-corrected chi connectivity index (χ2v) is 8.54. The highest BCUT2D eigenvalue weighted by Crippen LogP contribution is 2.43. The number of nitrogens with zero attached hydrogens (tertiary/aromatic N) is 2. The lowest BCUT2D eigenvalue weighted by Crippen LogP contribution is -2.29. The van der Waals surface area contributed by atoms with Gasteiger partial charge in [0.05, 0.1) is 24.4 Å². The van der Waals surface area contributed by atoms with Gasteiger partial charge >= 0.3 is 5.97 Å². The first kappa shape index (κ1) is 22.1. The number of furan rings is 1. The van der Waals surface area contributed by atoms with Crippen molar-refractivity contribution in [3.8, 4) is 11.3 Å². The van der Waals surface area contributed by atoms with Gasteiger partial charge in [0.1, 0.15) is 17.6 Å².